The molecule has 116 valence electrons. The molecule has 0 spiro atoms. The Morgan fingerprint density at radius 2 is 1.68 bits per heavy atom. The van der Waals surface area contributed by atoms with E-state index in [1.165, 1.54) is 53.4 Å². The van der Waals surface area contributed by atoms with E-state index in [-0.39, 0.29) is 17.5 Å². The summed E-state index contributed by atoms with van der Waals surface area (Å²) in [7, 11) is 0. The number of nitrogens with zero attached hydrogens (tertiary/aromatic N) is 1. The van der Waals surface area contributed by atoms with Crippen molar-refractivity contribution in [3.63, 3.8) is 0 Å². The van der Waals surface area contributed by atoms with Crippen LogP contribution in [0.4, 0.5) is 18.9 Å². The summed E-state index contributed by atoms with van der Waals surface area (Å²) < 4.78 is 41.4. The number of amides is 1. The largest absolute Gasteiger partial charge is 0.435 e. The van der Waals surface area contributed by atoms with E-state index in [0.717, 1.165) is 0 Å². The Kier molecular flexibility index (Phi) is 5.04. The van der Waals surface area contributed by atoms with E-state index < -0.39 is 6.61 Å². The lowest BCUT2D eigenvalue weighted by atomic mass is 10.1. The molecule has 0 fully saturated rings. The zero-order valence-electron chi connectivity index (χ0n) is 11.8. The molecule has 2 aromatic rings. The Hall–Kier alpha value is -2.50. The van der Waals surface area contributed by atoms with Gasteiger partial charge in [-0.25, -0.2) is 4.39 Å². The number of hydrogen-bond acceptors (Lipinski definition) is 2. The van der Waals surface area contributed by atoms with Gasteiger partial charge in [-0.05, 0) is 55.5 Å². The van der Waals surface area contributed by atoms with Gasteiger partial charge in [0.2, 0.25) is 0 Å². The van der Waals surface area contributed by atoms with Crippen molar-refractivity contribution in [1.82, 2.24) is 0 Å². The van der Waals surface area contributed by atoms with Crippen molar-refractivity contribution in [3.05, 3.63) is 59.9 Å². The van der Waals surface area contributed by atoms with Gasteiger partial charge in [0.05, 0.1) is 0 Å². The molecular formula is C16H14F3NO2. The van der Waals surface area contributed by atoms with Gasteiger partial charge in [0.1, 0.15) is 11.6 Å². The molecule has 0 unspecified atom stereocenters. The molecule has 0 atom stereocenters. The Balaban J connectivity index is 2.19. The average Bonchev–Trinajstić information content (AvgIpc) is 2.50. The van der Waals surface area contributed by atoms with Crippen LogP contribution >= 0.6 is 0 Å². The number of rotatable bonds is 5. The van der Waals surface area contributed by atoms with Crippen LogP contribution in [0.1, 0.15) is 17.3 Å². The normalized spacial score (nSPS) is 10.6. The van der Waals surface area contributed by atoms with Gasteiger partial charge < -0.3 is 9.64 Å². The summed E-state index contributed by atoms with van der Waals surface area (Å²) in [5, 5.41) is 0. The van der Waals surface area contributed by atoms with Crippen molar-refractivity contribution in [2.75, 3.05) is 11.4 Å². The van der Waals surface area contributed by atoms with Gasteiger partial charge >= 0.3 is 6.61 Å². The second-order valence-electron chi connectivity index (χ2n) is 4.43. The minimum Gasteiger partial charge on any atom is -0.435 e. The average molecular weight is 309 g/mol. The predicted octanol–water partition coefficient (Wildman–Crippen LogP) is 4.09. The SMILES string of the molecule is CCN(C(=O)c1ccc(OC(F)F)cc1)c1ccc(F)cc1. The van der Waals surface area contributed by atoms with Crippen molar-refractivity contribution < 1.29 is 22.7 Å². The number of carbonyl (C=O) groups is 1. The molecule has 6 heteroatoms. The fraction of sp³-hybridized carbons (Fsp3) is 0.188. The monoisotopic (exact) mass is 309 g/mol. The molecule has 0 bridgehead atoms. The molecule has 1 amide bonds. The fourth-order valence-corrected chi connectivity index (χ4v) is 2.00. The minimum absolute atomic E-state index is 0.0172. The van der Waals surface area contributed by atoms with E-state index in [1.807, 2.05) is 0 Å². The lowest BCUT2D eigenvalue weighted by molar-refractivity contribution is -0.0498. The Morgan fingerprint density at radius 1 is 1.09 bits per heavy atom. The molecule has 2 rings (SSSR count). The van der Waals surface area contributed by atoms with Crippen molar-refractivity contribution >= 4 is 11.6 Å². The molecule has 0 saturated carbocycles. The van der Waals surface area contributed by atoms with Crippen LogP contribution in [0.2, 0.25) is 0 Å². The molecule has 0 heterocycles. The standard InChI is InChI=1S/C16H14F3NO2/c1-2-20(13-7-5-12(17)6-8-13)15(21)11-3-9-14(10-4-11)22-16(18)19/h3-10,16H,2H2,1H3. The van der Waals surface area contributed by atoms with E-state index in [1.54, 1.807) is 6.92 Å². The van der Waals surface area contributed by atoms with Gasteiger partial charge in [-0.1, -0.05) is 0 Å². The maximum absolute atomic E-state index is 12.9. The van der Waals surface area contributed by atoms with E-state index in [4.69, 9.17) is 0 Å². The molecule has 3 nitrogen and oxygen atoms in total. The first-order chi connectivity index (χ1) is 10.5. The second-order valence-corrected chi connectivity index (χ2v) is 4.43. The predicted molar refractivity (Wildman–Crippen MR) is 76.8 cm³/mol. The summed E-state index contributed by atoms with van der Waals surface area (Å²) in [6.45, 7) is -0.733. The summed E-state index contributed by atoms with van der Waals surface area (Å²) in [6.07, 6.45) is 0. The third kappa shape index (κ3) is 3.78. The van der Waals surface area contributed by atoms with Crippen LogP contribution < -0.4 is 9.64 Å². The van der Waals surface area contributed by atoms with Crippen molar-refractivity contribution in [2.45, 2.75) is 13.5 Å². The first-order valence-corrected chi connectivity index (χ1v) is 6.63. The van der Waals surface area contributed by atoms with Crippen LogP contribution in [-0.2, 0) is 0 Å². The van der Waals surface area contributed by atoms with Gasteiger partial charge in [-0.15, -0.1) is 0 Å². The van der Waals surface area contributed by atoms with Gasteiger partial charge in [-0.2, -0.15) is 8.78 Å². The van der Waals surface area contributed by atoms with Crippen LogP contribution in [0, 0.1) is 5.82 Å². The molecule has 0 N–H and O–H groups in total. The molecular weight excluding hydrogens is 295 g/mol. The number of halogens is 3. The zero-order chi connectivity index (χ0) is 16.1. The molecule has 0 aromatic heterocycles. The molecule has 0 radical (unpaired) electrons. The lowest BCUT2D eigenvalue weighted by Crippen LogP contribution is -2.30. The number of alkyl halides is 2. The molecule has 22 heavy (non-hydrogen) atoms. The van der Waals surface area contributed by atoms with E-state index in [9.17, 15) is 18.0 Å². The number of ether oxygens (including phenoxy) is 1. The first-order valence-electron chi connectivity index (χ1n) is 6.63. The van der Waals surface area contributed by atoms with Gasteiger partial charge in [-0.3, -0.25) is 4.79 Å². The molecule has 2 aromatic carbocycles. The van der Waals surface area contributed by atoms with Gasteiger partial charge in [0.15, 0.2) is 0 Å². The third-order valence-electron chi connectivity index (χ3n) is 3.03. The highest BCUT2D eigenvalue weighted by molar-refractivity contribution is 6.06. The van der Waals surface area contributed by atoms with Crippen molar-refractivity contribution in [1.29, 1.82) is 0 Å². The quantitative estimate of drug-likeness (QED) is 0.832. The number of carbonyl (C=O) groups excluding carboxylic acids is 1. The summed E-state index contributed by atoms with van der Waals surface area (Å²) >= 11 is 0. The minimum atomic E-state index is -2.91. The zero-order valence-corrected chi connectivity index (χ0v) is 11.8. The molecule has 0 aliphatic heterocycles. The third-order valence-corrected chi connectivity index (χ3v) is 3.03. The Bertz CT molecular complexity index is 627. The van der Waals surface area contributed by atoms with Crippen LogP contribution in [0.25, 0.3) is 0 Å². The molecule has 0 aliphatic rings. The van der Waals surface area contributed by atoms with E-state index in [0.29, 0.717) is 17.8 Å². The highest BCUT2D eigenvalue weighted by Crippen LogP contribution is 2.20. The maximum atomic E-state index is 12.9. The van der Waals surface area contributed by atoms with Crippen molar-refractivity contribution in [2.24, 2.45) is 0 Å². The summed E-state index contributed by atoms with van der Waals surface area (Å²) in [4.78, 5) is 13.9. The molecule has 0 saturated heterocycles. The Labute approximate surface area is 125 Å². The molecule has 0 aliphatic carbocycles. The highest BCUT2D eigenvalue weighted by Gasteiger charge is 2.16. The van der Waals surface area contributed by atoms with Gasteiger partial charge in [0.25, 0.3) is 5.91 Å². The highest BCUT2D eigenvalue weighted by atomic mass is 19.3. The van der Waals surface area contributed by atoms with E-state index >= 15 is 0 Å². The van der Waals surface area contributed by atoms with Crippen LogP contribution in [0.5, 0.6) is 5.75 Å². The van der Waals surface area contributed by atoms with Gasteiger partial charge in [0, 0.05) is 17.8 Å². The van der Waals surface area contributed by atoms with Crippen LogP contribution in [0.3, 0.4) is 0 Å². The fourth-order valence-electron chi connectivity index (χ4n) is 2.00. The van der Waals surface area contributed by atoms with Crippen LogP contribution in [-0.4, -0.2) is 19.1 Å². The van der Waals surface area contributed by atoms with Crippen molar-refractivity contribution in [3.8, 4) is 5.75 Å². The first kappa shape index (κ1) is 15.9. The summed E-state index contributed by atoms with van der Waals surface area (Å²) in [5.41, 5.74) is 0.884. The number of benzene rings is 2. The lowest BCUT2D eigenvalue weighted by Gasteiger charge is -2.21. The van der Waals surface area contributed by atoms with E-state index in [2.05, 4.69) is 4.74 Å². The number of hydrogen-bond donors (Lipinski definition) is 0. The smallest absolute Gasteiger partial charge is 0.387 e. The topological polar surface area (TPSA) is 29.5 Å². The number of anilines is 1. The summed E-state index contributed by atoms with van der Waals surface area (Å²) in [6, 6.07) is 11.0. The second kappa shape index (κ2) is 6.98. The Morgan fingerprint density at radius 3 is 2.18 bits per heavy atom. The maximum Gasteiger partial charge on any atom is 0.387 e. The summed E-state index contributed by atoms with van der Waals surface area (Å²) in [5.74, 6) is -0.713. The van der Waals surface area contributed by atoms with Crippen LogP contribution in [0.15, 0.2) is 48.5 Å².